The quantitative estimate of drug-likeness (QED) is 0.124. The van der Waals surface area contributed by atoms with Crippen LogP contribution in [0.3, 0.4) is 0 Å². The third-order valence-corrected chi connectivity index (χ3v) is 9.89. The predicted molar refractivity (Wildman–Crippen MR) is 197 cm³/mol. The van der Waals surface area contributed by atoms with Gasteiger partial charge in [0.15, 0.2) is 0 Å². The summed E-state index contributed by atoms with van der Waals surface area (Å²) in [5, 5.41) is 3.02. The molecule has 5 aromatic rings. The molecule has 2 amide bonds. The number of para-hydroxylation sites is 1. The maximum atomic E-state index is 14.7. The van der Waals surface area contributed by atoms with E-state index in [2.05, 4.69) is 5.32 Å². The first-order chi connectivity index (χ1) is 24.1. The van der Waals surface area contributed by atoms with Gasteiger partial charge < -0.3 is 15.0 Å². The Bertz CT molecular complexity index is 1950. The van der Waals surface area contributed by atoms with Crippen LogP contribution in [-0.4, -0.2) is 44.3 Å². The van der Waals surface area contributed by atoms with Crippen molar-refractivity contribution in [3.8, 4) is 11.5 Å². The van der Waals surface area contributed by atoms with Crippen molar-refractivity contribution in [2.45, 2.75) is 44.7 Å². The van der Waals surface area contributed by atoms with Crippen LogP contribution < -0.4 is 14.4 Å². The SMILES string of the molecule is Cc1cccc(CN(C(=O)CN(c2ccc(Oc3ccccc3)cc2)S(=O)(=O)c2ccccc2)[C@@H](Cc2ccccc2)C(=O)NCC(C)C)c1. The van der Waals surface area contributed by atoms with Crippen molar-refractivity contribution in [3.63, 3.8) is 0 Å². The molecule has 5 rings (SSSR count). The molecule has 0 aliphatic carbocycles. The summed E-state index contributed by atoms with van der Waals surface area (Å²) in [4.78, 5) is 30.2. The summed E-state index contributed by atoms with van der Waals surface area (Å²) in [5.74, 6) is 0.516. The molecule has 8 nitrogen and oxygen atoms in total. The van der Waals surface area contributed by atoms with Crippen molar-refractivity contribution in [1.29, 1.82) is 0 Å². The van der Waals surface area contributed by atoms with Crippen LogP contribution in [-0.2, 0) is 32.6 Å². The third-order valence-electron chi connectivity index (χ3n) is 8.10. The minimum Gasteiger partial charge on any atom is -0.457 e. The highest BCUT2D eigenvalue weighted by Gasteiger charge is 2.34. The second-order valence-corrected chi connectivity index (χ2v) is 14.5. The Morgan fingerprint density at radius 1 is 0.720 bits per heavy atom. The van der Waals surface area contributed by atoms with E-state index in [1.165, 1.54) is 17.0 Å². The number of ether oxygens (including phenoxy) is 1. The maximum absolute atomic E-state index is 14.7. The molecule has 0 spiro atoms. The third kappa shape index (κ3) is 9.60. The Kier molecular flexibility index (Phi) is 12.1. The Morgan fingerprint density at radius 2 is 1.30 bits per heavy atom. The van der Waals surface area contributed by atoms with E-state index in [1.807, 2.05) is 106 Å². The molecule has 5 aromatic carbocycles. The van der Waals surface area contributed by atoms with E-state index in [-0.39, 0.29) is 35.4 Å². The normalized spacial score (nSPS) is 11.8. The number of nitrogens with one attached hydrogen (secondary N) is 1. The lowest BCUT2D eigenvalue weighted by Crippen LogP contribution is -2.53. The molecule has 0 radical (unpaired) electrons. The molecule has 0 fully saturated rings. The van der Waals surface area contributed by atoms with E-state index in [9.17, 15) is 18.0 Å². The minimum absolute atomic E-state index is 0.0400. The second kappa shape index (κ2) is 16.8. The number of sulfonamides is 1. The van der Waals surface area contributed by atoms with Crippen molar-refractivity contribution < 1.29 is 22.7 Å². The van der Waals surface area contributed by atoms with E-state index < -0.39 is 28.5 Å². The molecule has 0 aliphatic rings. The number of hydrogen-bond donors (Lipinski definition) is 1. The number of aryl methyl sites for hydroxylation is 1. The van der Waals surface area contributed by atoms with E-state index >= 15 is 0 Å². The largest absolute Gasteiger partial charge is 0.457 e. The summed E-state index contributed by atoms with van der Waals surface area (Å²) in [5.41, 5.74) is 2.99. The van der Waals surface area contributed by atoms with Gasteiger partial charge in [0, 0.05) is 19.5 Å². The van der Waals surface area contributed by atoms with Crippen molar-refractivity contribution in [2.75, 3.05) is 17.4 Å². The summed E-state index contributed by atoms with van der Waals surface area (Å²) in [6, 6.07) is 40.2. The second-order valence-electron chi connectivity index (χ2n) is 12.6. The van der Waals surface area contributed by atoms with Crippen molar-refractivity contribution in [3.05, 3.63) is 156 Å². The average Bonchev–Trinajstić information content (AvgIpc) is 3.12. The number of benzene rings is 5. The van der Waals surface area contributed by atoms with Gasteiger partial charge in [-0.25, -0.2) is 8.42 Å². The number of rotatable bonds is 15. The predicted octanol–water partition coefficient (Wildman–Crippen LogP) is 7.39. The summed E-state index contributed by atoms with van der Waals surface area (Å²) >= 11 is 0. The maximum Gasteiger partial charge on any atom is 0.264 e. The number of hydrogen-bond acceptors (Lipinski definition) is 5. The molecule has 1 atom stereocenters. The highest BCUT2D eigenvalue weighted by Crippen LogP contribution is 2.29. The Morgan fingerprint density at radius 3 is 1.92 bits per heavy atom. The lowest BCUT2D eigenvalue weighted by molar-refractivity contribution is -0.140. The first-order valence-electron chi connectivity index (χ1n) is 16.7. The molecule has 9 heteroatoms. The van der Waals surface area contributed by atoms with Crippen molar-refractivity contribution >= 4 is 27.5 Å². The van der Waals surface area contributed by atoms with E-state index in [0.717, 1.165) is 21.0 Å². The van der Waals surface area contributed by atoms with Crippen LogP contribution in [0, 0.1) is 12.8 Å². The van der Waals surface area contributed by atoms with Gasteiger partial charge in [-0.1, -0.05) is 110 Å². The minimum atomic E-state index is -4.22. The zero-order valence-electron chi connectivity index (χ0n) is 28.6. The summed E-state index contributed by atoms with van der Waals surface area (Å²) < 4.78 is 35.6. The Labute approximate surface area is 295 Å². The van der Waals surface area contributed by atoms with Crippen LogP contribution in [0.5, 0.6) is 11.5 Å². The summed E-state index contributed by atoms with van der Waals surface area (Å²) in [6.45, 7) is 5.98. The van der Waals surface area contributed by atoms with Gasteiger partial charge in [0.1, 0.15) is 24.1 Å². The first kappa shape index (κ1) is 35.9. The fourth-order valence-corrected chi connectivity index (χ4v) is 6.97. The van der Waals surface area contributed by atoms with Crippen LogP contribution in [0.2, 0.25) is 0 Å². The van der Waals surface area contributed by atoms with Crippen molar-refractivity contribution in [2.24, 2.45) is 5.92 Å². The molecule has 50 heavy (non-hydrogen) atoms. The molecule has 0 bridgehead atoms. The molecule has 258 valence electrons. The standard InChI is InChI=1S/C41H43N3O5S/c1-31(2)28-42-41(46)39(27-33-15-7-4-8-16-33)43(29-34-17-13-14-32(3)26-34)40(45)30-44(50(47,48)38-20-11-6-12-21-38)35-22-24-37(25-23-35)49-36-18-9-5-10-19-36/h4-26,31,39H,27-30H2,1-3H3,(H,42,46)/t39-/m0/s1. The average molecular weight is 690 g/mol. The van der Waals surface area contributed by atoms with Gasteiger partial charge in [0.05, 0.1) is 10.6 Å². The fraction of sp³-hybridized carbons (Fsp3) is 0.220. The molecule has 0 aliphatic heterocycles. The highest BCUT2D eigenvalue weighted by atomic mass is 32.2. The number of carbonyl (C=O) groups excluding carboxylic acids is 2. The van der Waals surface area contributed by atoms with Crippen LogP contribution in [0.4, 0.5) is 5.69 Å². The zero-order chi connectivity index (χ0) is 35.5. The first-order valence-corrected chi connectivity index (χ1v) is 18.1. The van der Waals surface area contributed by atoms with E-state index in [4.69, 9.17) is 4.74 Å². The Balaban J connectivity index is 1.54. The monoisotopic (exact) mass is 689 g/mol. The highest BCUT2D eigenvalue weighted by molar-refractivity contribution is 7.92. The number of carbonyl (C=O) groups is 2. The van der Waals surface area contributed by atoms with Gasteiger partial charge in [0.2, 0.25) is 11.8 Å². The van der Waals surface area contributed by atoms with Crippen LogP contribution in [0.15, 0.2) is 144 Å². The molecule has 0 unspecified atom stereocenters. The van der Waals surface area contributed by atoms with Gasteiger partial charge >= 0.3 is 0 Å². The molecule has 0 heterocycles. The molecule has 0 saturated carbocycles. The molecular formula is C41H43N3O5S. The number of amides is 2. The van der Waals surface area contributed by atoms with Gasteiger partial charge in [-0.05, 0) is 72.5 Å². The van der Waals surface area contributed by atoms with E-state index in [0.29, 0.717) is 18.0 Å². The van der Waals surface area contributed by atoms with E-state index in [1.54, 1.807) is 42.5 Å². The molecule has 0 aromatic heterocycles. The van der Waals surface area contributed by atoms with Crippen molar-refractivity contribution in [1.82, 2.24) is 10.2 Å². The number of anilines is 1. The molecule has 0 saturated heterocycles. The number of nitrogens with zero attached hydrogens (tertiary/aromatic N) is 2. The van der Waals surface area contributed by atoms with Gasteiger partial charge in [-0.15, -0.1) is 0 Å². The van der Waals surface area contributed by atoms with Gasteiger partial charge in [-0.2, -0.15) is 0 Å². The van der Waals surface area contributed by atoms with Crippen LogP contribution >= 0.6 is 0 Å². The van der Waals surface area contributed by atoms with Crippen LogP contribution in [0.25, 0.3) is 0 Å². The van der Waals surface area contributed by atoms with Crippen LogP contribution in [0.1, 0.15) is 30.5 Å². The topological polar surface area (TPSA) is 96.0 Å². The molecule has 1 N–H and O–H groups in total. The zero-order valence-corrected chi connectivity index (χ0v) is 29.4. The lowest BCUT2D eigenvalue weighted by Gasteiger charge is -2.34. The lowest BCUT2D eigenvalue weighted by atomic mass is 10.0. The van der Waals surface area contributed by atoms with Gasteiger partial charge in [-0.3, -0.25) is 13.9 Å². The summed E-state index contributed by atoms with van der Waals surface area (Å²) in [7, 11) is -4.22. The molecular weight excluding hydrogens is 647 g/mol. The smallest absolute Gasteiger partial charge is 0.264 e. The summed E-state index contributed by atoms with van der Waals surface area (Å²) in [6.07, 6.45) is 0.249. The van der Waals surface area contributed by atoms with Gasteiger partial charge in [0.25, 0.3) is 10.0 Å². The fourth-order valence-electron chi connectivity index (χ4n) is 5.54. The Hall–Kier alpha value is -5.41.